The third kappa shape index (κ3) is 8.25. The Balaban J connectivity index is 2.00. The Morgan fingerprint density at radius 1 is 1.06 bits per heavy atom. The van der Waals surface area contributed by atoms with Gasteiger partial charge in [0.25, 0.3) is 0 Å². The minimum atomic E-state index is -0.566. The second-order valence-electron chi connectivity index (χ2n) is 7.96. The van der Waals surface area contributed by atoms with E-state index in [0.717, 1.165) is 29.9 Å². The Kier molecular flexibility index (Phi) is 10.6. The number of carbonyl (C=O) groups excluding carboxylic acids is 2. The van der Waals surface area contributed by atoms with E-state index in [2.05, 4.69) is 12.2 Å². The van der Waals surface area contributed by atoms with Crippen LogP contribution in [0.25, 0.3) is 0 Å². The summed E-state index contributed by atoms with van der Waals surface area (Å²) in [4.78, 5) is 27.4. The fourth-order valence-corrected chi connectivity index (χ4v) is 3.28. The number of nitrogens with zero attached hydrogens (tertiary/aromatic N) is 1. The van der Waals surface area contributed by atoms with Crippen molar-refractivity contribution >= 4 is 11.8 Å². The Hall–Kier alpha value is -3.02. The standard InChI is InChI=1S/C26H36N2O4/c1-5-6-16-27-26(30)21(3)28(19-22-9-7-10-24(18-22)31-4)25(29)11-8-17-32-23-14-12-20(2)13-15-23/h7,9-10,12-15,18,21H,5-6,8,11,16-17,19H2,1-4H3,(H,27,30). The van der Waals surface area contributed by atoms with Crippen LogP contribution in [0.5, 0.6) is 11.5 Å². The van der Waals surface area contributed by atoms with Crippen molar-refractivity contribution < 1.29 is 19.1 Å². The lowest BCUT2D eigenvalue weighted by Gasteiger charge is -2.29. The molecule has 2 amide bonds. The summed E-state index contributed by atoms with van der Waals surface area (Å²) in [6, 6.07) is 14.8. The first-order valence-corrected chi connectivity index (χ1v) is 11.3. The highest BCUT2D eigenvalue weighted by atomic mass is 16.5. The molecule has 0 saturated carbocycles. The minimum Gasteiger partial charge on any atom is -0.497 e. The van der Waals surface area contributed by atoms with Crippen LogP contribution in [0, 0.1) is 6.92 Å². The van der Waals surface area contributed by atoms with Gasteiger partial charge in [-0.15, -0.1) is 0 Å². The van der Waals surface area contributed by atoms with E-state index in [-0.39, 0.29) is 11.8 Å². The summed E-state index contributed by atoms with van der Waals surface area (Å²) in [5.74, 6) is 1.31. The topological polar surface area (TPSA) is 67.9 Å². The average Bonchev–Trinajstić information content (AvgIpc) is 2.81. The number of hydrogen-bond acceptors (Lipinski definition) is 4. The summed E-state index contributed by atoms with van der Waals surface area (Å²) >= 11 is 0. The largest absolute Gasteiger partial charge is 0.497 e. The highest BCUT2D eigenvalue weighted by molar-refractivity contribution is 5.87. The molecule has 0 fully saturated rings. The summed E-state index contributed by atoms with van der Waals surface area (Å²) in [6.45, 7) is 7.29. The number of amides is 2. The zero-order valence-electron chi connectivity index (χ0n) is 19.7. The van der Waals surface area contributed by atoms with Crippen LogP contribution in [0.15, 0.2) is 48.5 Å². The molecule has 0 saturated heterocycles. The number of ether oxygens (including phenoxy) is 2. The lowest BCUT2D eigenvalue weighted by Crippen LogP contribution is -2.47. The molecule has 0 spiro atoms. The van der Waals surface area contributed by atoms with Gasteiger partial charge in [0, 0.05) is 19.5 Å². The molecule has 0 aliphatic carbocycles. The number of nitrogens with one attached hydrogen (secondary N) is 1. The van der Waals surface area contributed by atoms with Crippen molar-refractivity contribution in [3.05, 3.63) is 59.7 Å². The van der Waals surface area contributed by atoms with E-state index in [1.54, 1.807) is 18.9 Å². The summed E-state index contributed by atoms with van der Waals surface area (Å²) < 4.78 is 11.0. The number of rotatable bonds is 13. The molecule has 0 aliphatic heterocycles. The van der Waals surface area contributed by atoms with Crippen LogP contribution >= 0.6 is 0 Å². The first-order valence-electron chi connectivity index (χ1n) is 11.3. The van der Waals surface area contributed by atoms with Crippen molar-refractivity contribution in [3.8, 4) is 11.5 Å². The highest BCUT2D eigenvalue weighted by Gasteiger charge is 2.25. The van der Waals surface area contributed by atoms with Crippen LogP contribution in [0.1, 0.15) is 50.7 Å². The van der Waals surface area contributed by atoms with Crippen LogP contribution in [0.3, 0.4) is 0 Å². The molecule has 6 nitrogen and oxygen atoms in total. The number of aryl methyl sites for hydroxylation is 1. The smallest absolute Gasteiger partial charge is 0.242 e. The van der Waals surface area contributed by atoms with Crippen LogP contribution < -0.4 is 14.8 Å². The molecule has 32 heavy (non-hydrogen) atoms. The molecular formula is C26H36N2O4. The van der Waals surface area contributed by atoms with E-state index in [9.17, 15) is 9.59 Å². The van der Waals surface area contributed by atoms with E-state index < -0.39 is 6.04 Å². The number of benzene rings is 2. The highest BCUT2D eigenvalue weighted by Crippen LogP contribution is 2.17. The van der Waals surface area contributed by atoms with Gasteiger partial charge in [0.2, 0.25) is 11.8 Å². The van der Waals surface area contributed by atoms with Gasteiger partial charge in [0.15, 0.2) is 0 Å². The summed E-state index contributed by atoms with van der Waals surface area (Å²) in [5.41, 5.74) is 2.09. The van der Waals surface area contributed by atoms with Gasteiger partial charge < -0.3 is 19.7 Å². The maximum absolute atomic E-state index is 13.1. The van der Waals surface area contributed by atoms with Gasteiger partial charge in [-0.1, -0.05) is 43.2 Å². The zero-order chi connectivity index (χ0) is 23.3. The van der Waals surface area contributed by atoms with E-state index in [0.29, 0.717) is 32.5 Å². The third-order valence-corrected chi connectivity index (χ3v) is 5.31. The fraction of sp³-hybridized carbons (Fsp3) is 0.462. The Labute approximate surface area is 191 Å². The SMILES string of the molecule is CCCCNC(=O)C(C)N(Cc1cccc(OC)c1)C(=O)CCCOc1ccc(C)cc1. The number of hydrogen-bond donors (Lipinski definition) is 1. The van der Waals surface area contributed by atoms with Crippen LogP contribution in [-0.2, 0) is 16.1 Å². The maximum Gasteiger partial charge on any atom is 0.242 e. The molecule has 174 valence electrons. The normalized spacial score (nSPS) is 11.5. The zero-order valence-corrected chi connectivity index (χ0v) is 19.7. The predicted octanol–water partition coefficient (Wildman–Crippen LogP) is 4.50. The molecule has 1 unspecified atom stereocenters. The second kappa shape index (κ2) is 13.4. The lowest BCUT2D eigenvalue weighted by molar-refractivity contribution is -0.140. The number of unbranched alkanes of at least 4 members (excludes halogenated alkanes) is 1. The lowest BCUT2D eigenvalue weighted by atomic mass is 10.1. The van der Waals surface area contributed by atoms with Gasteiger partial charge in [-0.05, 0) is 56.5 Å². The molecule has 0 radical (unpaired) electrons. The molecule has 2 aromatic rings. The average molecular weight is 441 g/mol. The molecule has 0 aromatic heterocycles. The molecule has 6 heteroatoms. The maximum atomic E-state index is 13.1. The summed E-state index contributed by atoms with van der Waals surface area (Å²) in [7, 11) is 1.61. The molecular weight excluding hydrogens is 404 g/mol. The van der Waals surface area contributed by atoms with Gasteiger partial charge in [-0.3, -0.25) is 9.59 Å². The van der Waals surface area contributed by atoms with Gasteiger partial charge in [-0.25, -0.2) is 0 Å². The van der Waals surface area contributed by atoms with Gasteiger partial charge in [0.05, 0.1) is 13.7 Å². The summed E-state index contributed by atoms with van der Waals surface area (Å²) in [6.07, 6.45) is 2.80. The van der Waals surface area contributed by atoms with Gasteiger partial charge in [0.1, 0.15) is 17.5 Å². The van der Waals surface area contributed by atoms with Gasteiger partial charge in [-0.2, -0.15) is 0 Å². The van der Waals surface area contributed by atoms with Crippen molar-refractivity contribution in [1.82, 2.24) is 10.2 Å². The Morgan fingerprint density at radius 2 is 1.81 bits per heavy atom. The van der Waals surface area contributed by atoms with E-state index in [1.807, 2.05) is 55.5 Å². The Morgan fingerprint density at radius 3 is 2.50 bits per heavy atom. The first-order chi connectivity index (χ1) is 15.4. The van der Waals surface area contributed by atoms with Crippen molar-refractivity contribution in [1.29, 1.82) is 0 Å². The molecule has 0 aliphatic rings. The van der Waals surface area contributed by atoms with Gasteiger partial charge >= 0.3 is 0 Å². The van der Waals surface area contributed by atoms with Crippen LogP contribution in [0.4, 0.5) is 0 Å². The molecule has 2 rings (SSSR count). The number of carbonyl (C=O) groups is 2. The molecule has 0 heterocycles. The molecule has 1 N–H and O–H groups in total. The predicted molar refractivity (Wildman–Crippen MR) is 127 cm³/mol. The third-order valence-electron chi connectivity index (χ3n) is 5.31. The van der Waals surface area contributed by atoms with E-state index in [4.69, 9.17) is 9.47 Å². The molecule has 1 atom stereocenters. The quantitative estimate of drug-likeness (QED) is 0.466. The number of methoxy groups -OCH3 is 1. The molecule has 0 bridgehead atoms. The van der Waals surface area contributed by atoms with Crippen LogP contribution in [-0.4, -0.2) is 43.0 Å². The summed E-state index contributed by atoms with van der Waals surface area (Å²) in [5, 5.41) is 2.94. The fourth-order valence-electron chi connectivity index (χ4n) is 3.28. The van der Waals surface area contributed by atoms with E-state index >= 15 is 0 Å². The van der Waals surface area contributed by atoms with Crippen molar-refractivity contribution in [3.63, 3.8) is 0 Å². The van der Waals surface area contributed by atoms with Crippen molar-refractivity contribution in [2.24, 2.45) is 0 Å². The Bertz CT molecular complexity index is 851. The minimum absolute atomic E-state index is 0.0709. The second-order valence-corrected chi connectivity index (χ2v) is 7.96. The first kappa shape index (κ1) is 25.2. The van der Waals surface area contributed by atoms with Crippen LogP contribution in [0.2, 0.25) is 0 Å². The monoisotopic (exact) mass is 440 g/mol. The van der Waals surface area contributed by atoms with E-state index in [1.165, 1.54) is 5.56 Å². The molecule has 2 aromatic carbocycles. The van der Waals surface area contributed by atoms with Crippen molar-refractivity contribution in [2.75, 3.05) is 20.3 Å². The van der Waals surface area contributed by atoms with Crippen molar-refractivity contribution in [2.45, 2.75) is 59.0 Å².